The molecule has 0 saturated heterocycles. The Hall–Kier alpha value is -3.93. The summed E-state index contributed by atoms with van der Waals surface area (Å²) >= 11 is 0. The van der Waals surface area contributed by atoms with Gasteiger partial charge in [-0.1, -0.05) is 30.3 Å². The van der Waals surface area contributed by atoms with Crippen molar-refractivity contribution >= 4 is 5.91 Å². The number of hydrogen-bond donors (Lipinski definition) is 1. The van der Waals surface area contributed by atoms with E-state index in [1.54, 1.807) is 18.6 Å². The van der Waals surface area contributed by atoms with Crippen molar-refractivity contribution in [3.8, 4) is 16.9 Å². The topological polar surface area (TPSA) is 69.0 Å². The number of hydrogen-bond acceptors (Lipinski definition) is 4. The fourth-order valence-electron chi connectivity index (χ4n) is 3.91. The van der Waals surface area contributed by atoms with E-state index in [4.69, 9.17) is 4.74 Å². The number of carbonyl (C=O) groups is 1. The Labute approximate surface area is 180 Å². The number of pyridine rings is 1. The molecule has 0 saturated carbocycles. The molecule has 4 aromatic rings. The maximum absolute atomic E-state index is 12.7. The van der Waals surface area contributed by atoms with E-state index in [-0.39, 0.29) is 12.0 Å². The van der Waals surface area contributed by atoms with Crippen LogP contribution >= 0.6 is 0 Å². The van der Waals surface area contributed by atoms with E-state index >= 15 is 0 Å². The molecular formula is C25H22N4O2. The highest BCUT2D eigenvalue weighted by molar-refractivity contribution is 5.94. The number of fused-ring (bicyclic) bond motifs is 1. The van der Waals surface area contributed by atoms with Crippen LogP contribution in [0.25, 0.3) is 11.1 Å². The van der Waals surface area contributed by atoms with Gasteiger partial charge in [0.2, 0.25) is 0 Å². The van der Waals surface area contributed by atoms with Crippen molar-refractivity contribution in [2.24, 2.45) is 0 Å². The van der Waals surface area contributed by atoms with Gasteiger partial charge in [-0.05, 0) is 47.0 Å². The summed E-state index contributed by atoms with van der Waals surface area (Å²) in [4.78, 5) is 16.8. The number of carbonyl (C=O) groups excluding carboxylic acids is 1. The molecule has 5 rings (SSSR count). The number of para-hydroxylation sites is 1. The van der Waals surface area contributed by atoms with E-state index in [2.05, 4.69) is 27.5 Å². The Morgan fingerprint density at radius 1 is 1.06 bits per heavy atom. The molecular weight excluding hydrogens is 388 g/mol. The van der Waals surface area contributed by atoms with Gasteiger partial charge < -0.3 is 10.1 Å². The molecule has 1 aliphatic rings. The third-order valence-corrected chi connectivity index (χ3v) is 5.40. The number of nitrogens with zero attached hydrogens (tertiary/aromatic N) is 3. The molecule has 1 aliphatic heterocycles. The molecule has 1 atom stereocenters. The lowest BCUT2D eigenvalue weighted by molar-refractivity contribution is 0.0933. The molecule has 6 nitrogen and oxygen atoms in total. The molecule has 3 heterocycles. The summed E-state index contributed by atoms with van der Waals surface area (Å²) in [7, 11) is 0. The molecule has 0 radical (unpaired) electrons. The Bertz CT molecular complexity index is 1190. The van der Waals surface area contributed by atoms with Gasteiger partial charge in [-0.3, -0.25) is 14.5 Å². The Morgan fingerprint density at radius 2 is 1.94 bits per heavy atom. The van der Waals surface area contributed by atoms with E-state index in [9.17, 15) is 4.79 Å². The van der Waals surface area contributed by atoms with Crippen molar-refractivity contribution in [3.63, 3.8) is 0 Å². The van der Waals surface area contributed by atoms with Crippen molar-refractivity contribution in [1.82, 2.24) is 20.1 Å². The van der Waals surface area contributed by atoms with Crippen LogP contribution in [-0.4, -0.2) is 33.3 Å². The van der Waals surface area contributed by atoms with Gasteiger partial charge in [0.25, 0.3) is 5.91 Å². The van der Waals surface area contributed by atoms with Gasteiger partial charge in [-0.25, -0.2) is 0 Å². The number of aromatic nitrogens is 3. The van der Waals surface area contributed by atoms with Crippen LogP contribution in [0.2, 0.25) is 0 Å². The predicted octanol–water partition coefficient (Wildman–Crippen LogP) is 3.73. The average molecular weight is 410 g/mol. The normalized spacial score (nSPS) is 14.6. The van der Waals surface area contributed by atoms with E-state index in [1.165, 1.54) is 0 Å². The molecule has 1 amide bonds. The second-order valence-corrected chi connectivity index (χ2v) is 7.59. The lowest BCUT2D eigenvalue weighted by Gasteiger charge is -2.14. The van der Waals surface area contributed by atoms with Crippen LogP contribution in [0, 0.1) is 0 Å². The fraction of sp³-hybridized carbons (Fsp3) is 0.160. The standard InChI is InChI=1S/C25H22N4O2/c30-25(21-6-1-4-18(14-21)17-29-13-3-10-28-29)27-16-22-15-20-5-2-7-23(24(20)31-22)19-8-11-26-12-9-19/h1-14,22H,15-17H2,(H,27,30)/t22-/m0/s1. The highest BCUT2D eigenvalue weighted by Gasteiger charge is 2.26. The maximum Gasteiger partial charge on any atom is 0.251 e. The third-order valence-electron chi connectivity index (χ3n) is 5.40. The zero-order chi connectivity index (χ0) is 21.0. The van der Waals surface area contributed by atoms with Crippen LogP contribution in [0.15, 0.2) is 85.5 Å². The first kappa shape index (κ1) is 19.1. The van der Waals surface area contributed by atoms with Gasteiger partial charge in [0.15, 0.2) is 0 Å². The summed E-state index contributed by atoms with van der Waals surface area (Å²) in [6.45, 7) is 1.08. The lowest BCUT2D eigenvalue weighted by Crippen LogP contribution is -2.34. The molecule has 6 heteroatoms. The first-order valence-electron chi connectivity index (χ1n) is 10.3. The molecule has 0 bridgehead atoms. The zero-order valence-electron chi connectivity index (χ0n) is 16.9. The summed E-state index contributed by atoms with van der Waals surface area (Å²) in [5.41, 5.74) is 4.96. The minimum atomic E-state index is -0.101. The molecule has 0 aliphatic carbocycles. The first-order chi connectivity index (χ1) is 15.3. The van der Waals surface area contributed by atoms with Crippen LogP contribution < -0.4 is 10.1 Å². The molecule has 154 valence electrons. The van der Waals surface area contributed by atoms with Crippen molar-refractivity contribution in [2.75, 3.05) is 6.54 Å². The molecule has 2 aromatic carbocycles. The van der Waals surface area contributed by atoms with Gasteiger partial charge in [0.1, 0.15) is 11.9 Å². The largest absolute Gasteiger partial charge is 0.487 e. The van der Waals surface area contributed by atoms with Gasteiger partial charge >= 0.3 is 0 Å². The molecule has 1 N–H and O–H groups in total. The fourth-order valence-corrected chi connectivity index (χ4v) is 3.91. The van der Waals surface area contributed by atoms with Gasteiger partial charge in [-0.2, -0.15) is 5.10 Å². The average Bonchev–Trinajstić information content (AvgIpc) is 3.47. The Morgan fingerprint density at radius 3 is 2.77 bits per heavy atom. The van der Waals surface area contributed by atoms with Gasteiger partial charge in [0.05, 0.1) is 13.1 Å². The van der Waals surface area contributed by atoms with Crippen molar-refractivity contribution in [2.45, 2.75) is 19.1 Å². The SMILES string of the molecule is O=C(NC[C@@H]1Cc2cccc(-c3ccncc3)c2O1)c1cccc(Cn2cccn2)c1. The number of ether oxygens (including phenoxy) is 1. The maximum atomic E-state index is 12.7. The smallest absolute Gasteiger partial charge is 0.251 e. The van der Waals surface area contributed by atoms with Crippen molar-refractivity contribution in [3.05, 3.63) is 102 Å². The second kappa shape index (κ2) is 8.44. The quantitative estimate of drug-likeness (QED) is 0.526. The number of benzene rings is 2. The van der Waals surface area contributed by atoms with E-state index in [0.29, 0.717) is 18.7 Å². The Balaban J connectivity index is 1.23. The van der Waals surface area contributed by atoms with Crippen LogP contribution in [0.5, 0.6) is 5.75 Å². The van der Waals surface area contributed by atoms with Crippen LogP contribution in [0.3, 0.4) is 0 Å². The van der Waals surface area contributed by atoms with Crippen LogP contribution in [0.1, 0.15) is 21.5 Å². The molecule has 0 spiro atoms. The number of amides is 1. The summed E-state index contributed by atoms with van der Waals surface area (Å²) in [6, 6.07) is 19.7. The van der Waals surface area contributed by atoms with E-state index < -0.39 is 0 Å². The van der Waals surface area contributed by atoms with E-state index in [1.807, 2.05) is 59.4 Å². The molecule has 2 aromatic heterocycles. The minimum absolute atomic E-state index is 0.0887. The summed E-state index contributed by atoms with van der Waals surface area (Å²) in [5.74, 6) is 0.797. The van der Waals surface area contributed by atoms with Gasteiger partial charge in [0, 0.05) is 42.3 Å². The van der Waals surface area contributed by atoms with Crippen LogP contribution in [0.4, 0.5) is 0 Å². The molecule has 31 heavy (non-hydrogen) atoms. The zero-order valence-corrected chi connectivity index (χ0v) is 16.9. The van der Waals surface area contributed by atoms with Gasteiger partial charge in [-0.15, -0.1) is 0 Å². The lowest BCUT2D eigenvalue weighted by atomic mass is 10.0. The second-order valence-electron chi connectivity index (χ2n) is 7.59. The number of nitrogens with one attached hydrogen (secondary N) is 1. The Kier molecular flexibility index (Phi) is 5.19. The molecule has 0 fully saturated rings. The third kappa shape index (κ3) is 4.19. The monoisotopic (exact) mass is 410 g/mol. The number of rotatable bonds is 6. The predicted molar refractivity (Wildman–Crippen MR) is 118 cm³/mol. The highest BCUT2D eigenvalue weighted by atomic mass is 16.5. The van der Waals surface area contributed by atoms with Crippen molar-refractivity contribution in [1.29, 1.82) is 0 Å². The first-order valence-corrected chi connectivity index (χ1v) is 10.3. The minimum Gasteiger partial charge on any atom is -0.487 e. The van der Waals surface area contributed by atoms with Crippen LogP contribution in [-0.2, 0) is 13.0 Å². The summed E-state index contributed by atoms with van der Waals surface area (Å²) in [6.07, 6.45) is 7.89. The molecule has 0 unspecified atom stereocenters. The highest BCUT2D eigenvalue weighted by Crippen LogP contribution is 2.38. The summed E-state index contributed by atoms with van der Waals surface area (Å²) < 4.78 is 8.06. The van der Waals surface area contributed by atoms with Crippen molar-refractivity contribution < 1.29 is 9.53 Å². The van der Waals surface area contributed by atoms with E-state index in [0.717, 1.165) is 34.4 Å². The summed E-state index contributed by atoms with van der Waals surface area (Å²) in [5, 5.41) is 7.24.